The van der Waals surface area contributed by atoms with Crippen LogP contribution in [0, 0.1) is 12.8 Å². The summed E-state index contributed by atoms with van der Waals surface area (Å²) in [4.78, 5) is 27.6. The van der Waals surface area contributed by atoms with E-state index in [1.165, 1.54) is 0 Å². The topological polar surface area (TPSA) is 78.7 Å². The molecule has 1 aliphatic rings. The molecule has 2 amide bonds. The Kier molecular flexibility index (Phi) is 4.95. The zero-order valence-corrected chi connectivity index (χ0v) is 12.8. The van der Waals surface area contributed by atoms with Crippen LogP contribution in [0.1, 0.15) is 22.7 Å². The van der Waals surface area contributed by atoms with Crippen LogP contribution in [0.15, 0.2) is 10.6 Å². The van der Waals surface area contributed by atoms with Gasteiger partial charge in [0.25, 0.3) is 5.91 Å². The summed E-state index contributed by atoms with van der Waals surface area (Å²) < 4.78 is 4.88. The number of amides is 2. The SMILES string of the molecule is Cc1cc(C(=O)N2CC(C(=O)NCCCN(C)C)C2)no1. The van der Waals surface area contributed by atoms with Crippen LogP contribution < -0.4 is 5.32 Å². The highest BCUT2D eigenvalue weighted by Gasteiger charge is 2.36. The Hall–Kier alpha value is -1.89. The molecule has 1 saturated heterocycles. The molecule has 1 N–H and O–H groups in total. The minimum atomic E-state index is -0.177. The first kappa shape index (κ1) is 15.5. The van der Waals surface area contributed by atoms with Crippen LogP contribution in [-0.4, -0.2) is 67.0 Å². The number of aromatic nitrogens is 1. The molecule has 1 aliphatic heterocycles. The summed E-state index contributed by atoms with van der Waals surface area (Å²) in [6.07, 6.45) is 0.923. The highest BCUT2D eigenvalue weighted by atomic mass is 16.5. The number of hydrogen-bond acceptors (Lipinski definition) is 5. The molecule has 0 aliphatic carbocycles. The summed E-state index contributed by atoms with van der Waals surface area (Å²) in [7, 11) is 4.01. The van der Waals surface area contributed by atoms with Gasteiger partial charge in [0.1, 0.15) is 5.76 Å². The van der Waals surface area contributed by atoms with Crippen molar-refractivity contribution in [3.05, 3.63) is 17.5 Å². The molecule has 0 bridgehead atoms. The molecule has 0 aromatic carbocycles. The smallest absolute Gasteiger partial charge is 0.276 e. The van der Waals surface area contributed by atoms with Crippen molar-refractivity contribution in [1.82, 2.24) is 20.3 Å². The molecule has 0 saturated carbocycles. The lowest BCUT2D eigenvalue weighted by atomic mass is 9.98. The molecular formula is C14H22N4O3. The van der Waals surface area contributed by atoms with Crippen LogP contribution in [0.4, 0.5) is 0 Å². The van der Waals surface area contributed by atoms with Crippen LogP contribution in [-0.2, 0) is 4.79 Å². The van der Waals surface area contributed by atoms with Crippen molar-refractivity contribution in [3.8, 4) is 0 Å². The van der Waals surface area contributed by atoms with Gasteiger partial charge >= 0.3 is 0 Å². The zero-order chi connectivity index (χ0) is 15.4. The Morgan fingerprint density at radius 3 is 2.76 bits per heavy atom. The van der Waals surface area contributed by atoms with E-state index in [0.29, 0.717) is 31.1 Å². The lowest BCUT2D eigenvalue weighted by Gasteiger charge is -2.37. The monoisotopic (exact) mass is 294 g/mol. The van der Waals surface area contributed by atoms with E-state index >= 15 is 0 Å². The lowest BCUT2D eigenvalue weighted by molar-refractivity contribution is -0.129. The number of aryl methyl sites for hydroxylation is 1. The fourth-order valence-corrected chi connectivity index (χ4v) is 2.19. The van der Waals surface area contributed by atoms with Gasteiger partial charge in [0, 0.05) is 25.7 Å². The van der Waals surface area contributed by atoms with Crippen LogP contribution in [0.5, 0.6) is 0 Å². The maximum Gasteiger partial charge on any atom is 0.276 e. The molecule has 7 heteroatoms. The van der Waals surface area contributed by atoms with Gasteiger partial charge in [-0.3, -0.25) is 9.59 Å². The number of carbonyl (C=O) groups excluding carboxylic acids is 2. The van der Waals surface area contributed by atoms with E-state index in [2.05, 4.69) is 15.4 Å². The van der Waals surface area contributed by atoms with E-state index < -0.39 is 0 Å². The van der Waals surface area contributed by atoms with Gasteiger partial charge in [0.2, 0.25) is 5.91 Å². The van der Waals surface area contributed by atoms with Crippen LogP contribution in [0.2, 0.25) is 0 Å². The molecule has 1 aromatic rings. The van der Waals surface area contributed by atoms with Crippen LogP contribution in [0.3, 0.4) is 0 Å². The lowest BCUT2D eigenvalue weighted by Crippen LogP contribution is -2.55. The summed E-state index contributed by atoms with van der Waals surface area (Å²) in [5.41, 5.74) is 0.303. The maximum atomic E-state index is 12.0. The number of nitrogens with one attached hydrogen (secondary N) is 1. The Morgan fingerprint density at radius 2 is 2.19 bits per heavy atom. The Balaban J connectivity index is 1.68. The Morgan fingerprint density at radius 1 is 1.48 bits per heavy atom. The molecule has 2 rings (SSSR count). The van der Waals surface area contributed by atoms with Crippen LogP contribution in [0.25, 0.3) is 0 Å². The summed E-state index contributed by atoms with van der Waals surface area (Å²) in [5.74, 6) is 0.341. The molecule has 1 aromatic heterocycles. The van der Waals surface area contributed by atoms with Crippen molar-refractivity contribution in [2.45, 2.75) is 13.3 Å². The highest BCUT2D eigenvalue weighted by Crippen LogP contribution is 2.18. The van der Waals surface area contributed by atoms with E-state index in [9.17, 15) is 9.59 Å². The molecule has 116 valence electrons. The fraction of sp³-hybridized carbons (Fsp3) is 0.643. The normalized spacial score (nSPS) is 15.1. The van der Waals surface area contributed by atoms with Crippen molar-refractivity contribution in [2.24, 2.45) is 5.92 Å². The number of likely N-dealkylation sites (tertiary alicyclic amines) is 1. The summed E-state index contributed by atoms with van der Waals surface area (Å²) in [6.45, 7) is 4.25. The summed E-state index contributed by atoms with van der Waals surface area (Å²) in [6, 6.07) is 1.61. The first-order chi connectivity index (χ1) is 9.97. The fourth-order valence-electron chi connectivity index (χ4n) is 2.19. The Bertz CT molecular complexity index is 506. The van der Waals surface area contributed by atoms with Gasteiger partial charge in [-0.15, -0.1) is 0 Å². The van der Waals surface area contributed by atoms with Gasteiger partial charge in [-0.1, -0.05) is 5.16 Å². The molecule has 0 unspecified atom stereocenters. The second-order valence-electron chi connectivity index (χ2n) is 5.68. The predicted molar refractivity (Wildman–Crippen MR) is 76.8 cm³/mol. The highest BCUT2D eigenvalue weighted by molar-refractivity contribution is 5.94. The minimum Gasteiger partial charge on any atom is -0.361 e. The molecule has 2 heterocycles. The summed E-state index contributed by atoms with van der Waals surface area (Å²) in [5, 5.41) is 6.60. The van der Waals surface area contributed by atoms with Gasteiger partial charge in [-0.05, 0) is 34.0 Å². The molecule has 0 atom stereocenters. The second kappa shape index (κ2) is 6.71. The molecule has 1 fully saturated rings. The molecule has 7 nitrogen and oxygen atoms in total. The number of carbonyl (C=O) groups is 2. The first-order valence-corrected chi connectivity index (χ1v) is 7.12. The third-order valence-corrected chi connectivity index (χ3v) is 3.47. The number of hydrogen-bond donors (Lipinski definition) is 1. The average molecular weight is 294 g/mol. The van der Waals surface area contributed by atoms with Gasteiger partial charge < -0.3 is 19.6 Å². The molecule has 0 radical (unpaired) electrons. The number of nitrogens with zero attached hydrogens (tertiary/aromatic N) is 3. The largest absolute Gasteiger partial charge is 0.361 e. The van der Waals surface area contributed by atoms with Crippen molar-refractivity contribution < 1.29 is 14.1 Å². The van der Waals surface area contributed by atoms with E-state index in [1.807, 2.05) is 14.1 Å². The average Bonchev–Trinajstić information content (AvgIpc) is 2.79. The standard InChI is InChI=1S/C14H22N4O3/c1-10-7-12(16-21-10)14(20)18-8-11(9-18)13(19)15-5-4-6-17(2)3/h7,11H,4-6,8-9H2,1-3H3,(H,15,19). The van der Waals surface area contributed by atoms with Crippen molar-refractivity contribution >= 4 is 11.8 Å². The van der Waals surface area contributed by atoms with E-state index in [4.69, 9.17) is 4.52 Å². The van der Waals surface area contributed by atoms with Crippen LogP contribution >= 0.6 is 0 Å². The molecule has 21 heavy (non-hydrogen) atoms. The van der Waals surface area contributed by atoms with E-state index in [0.717, 1.165) is 13.0 Å². The number of rotatable bonds is 6. The van der Waals surface area contributed by atoms with Gasteiger partial charge in [-0.2, -0.15) is 0 Å². The predicted octanol–water partition coefficient (Wildman–Crippen LogP) is 0.123. The maximum absolute atomic E-state index is 12.0. The Labute approximate surface area is 124 Å². The van der Waals surface area contributed by atoms with Gasteiger partial charge in [0.05, 0.1) is 5.92 Å². The van der Waals surface area contributed by atoms with Gasteiger partial charge in [0.15, 0.2) is 5.69 Å². The zero-order valence-electron chi connectivity index (χ0n) is 12.8. The van der Waals surface area contributed by atoms with E-state index in [1.54, 1.807) is 17.9 Å². The van der Waals surface area contributed by atoms with Crippen molar-refractivity contribution in [2.75, 3.05) is 40.3 Å². The first-order valence-electron chi connectivity index (χ1n) is 7.12. The van der Waals surface area contributed by atoms with Gasteiger partial charge in [-0.25, -0.2) is 0 Å². The summed E-state index contributed by atoms with van der Waals surface area (Å²) >= 11 is 0. The second-order valence-corrected chi connectivity index (χ2v) is 5.68. The minimum absolute atomic E-state index is 0.0224. The third kappa shape index (κ3) is 4.04. The third-order valence-electron chi connectivity index (χ3n) is 3.47. The van der Waals surface area contributed by atoms with Crippen molar-refractivity contribution in [1.29, 1.82) is 0 Å². The quantitative estimate of drug-likeness (QED) is 0.754. The van der Waals surface area contributed by atoms with Crippen molar-refractivity contribution in [3.63, 3.8) is 0 Å². The molecular weight excluding hydrogens is 272 g/mol. The molecule has 0 spiro atoms. The van der Waals surface area contributed by atoms with E-state index in [-0.39, 0.29) is 17.7 Å².